The molecule has 0 saturated carbocycles. The first-order valence-electron chi connectivity index (χ1n) is 38.6. The highest BCUT2D eigenvalue weighted by Gasteiger charge is 2.55. The van der Waals surface area contributed by atoms with Crippen molar-refractivity contribution in [3.05, 3.63) is 408 Å². The topological polar surface area (TPSA) is 19.7 Å². The van der Waals surface area contributed by atoms with Gasteiger partial charge in [-0.05, 0) is 241 Å². The molecule has 4 nitrogen and oxygen atoms in total. The molecule has 0 radical (unpaired) electrons. The van der Waals surface area contributed by atoms with E-state index in [1.54, 1.807) is 0 Å². The van der Waals surface area contributed by atoms with Crippen molar-refractivity contribution < 1.29 is 0 Å². The third kappa shape index (κ3) is 6.81. The van der Waals surface area contributed by atoms with Crippen LogP contribution in [0.15, 0.2) is 364 Å². The van der Waals surface area contributed by atoms with Crippen LogP contribution in [0.4, 0.5) is 0 Å². The fourth-order valence-electron chi connectivity index (χ4n) is 22.5. The predicted molar refractivity (Wildman–Crippen MR) is 458 cm³/mol. The van der Waals surface area contributed by atoms with E-state index in [1.807, 2.05) is 0 Å². The first-order valence-corrected chi connectivity index (χ1v) is 38.6. The Morgan fingerprint density at radius 2 is 0.373 bits per heavy atom. The van der Waals surface area contributed by atoms with Gasteiger partial charge in [-0.2, -0.15) is 0 Å². The summed E-state index contributed by atoms with van der Waals surface area (Å²) in [5.41, 5.74) is 33.3. The van der Waals surface area contributed by atoms with Gasteiger partial charge in [0.25, 0.3) is 0 Å². The fraction of sp³-hybridized carbons (Fsp3) is 0.0189. The van der Waals surface area contributed by atoms with E-state index < -0.39 is 10.8 Å². The van der Waals surface area contributed by atoms with Gasteiger partial charge in [-0.1, -0.05) is 255 Å². The Hall–Kier alpha value is -14.3. The van der Waals surface area contributed by atoms with E-state index in [0.717, 1.165) is 22.7 Å². The van der Waals surface area contributed by atoms with Crippen LogP contribution in [-0.2, 0) is 10.8 Å². The van der Waals surface area contributed by atoms with Gasteiger partial charge < -0.3 is 18.3 Å². The minimum atomic E-state index is -0.752. The molecule has 4 heterocycles. The van der Waals surface area contributed by atoms with Gasteiger partial charge >= 0.3 is 0 Å². The first kappa shape index (κ1) is 57.9. The van der Waals surface area contributed by atoms with E-state index in [2.05, 4.69) is 382 Å². The van der Waals surface area contributed by atoms with Crippen LogP contribution in [0.1, 0.15) is 44.5 Å². The zero-order valence-electron chi connectivity index (χ0n) is 59.4. The molecular weight excluding hydrogens is 1330 g/mol. The Morgan fingerprint density at radius 1 is 0.145 bits per heavy atom. The van der Waals surface area contributed by atoms with Crippen molar-refractivity contribution in [3.63, 3.8) is 0 Å². The number of para-hydroxylation sites is 8. The summed E-state index contributed by atoms with van der Waals surface area (Å²) in [4.78, 5) is 0. The molecule has 0 amide bonds. The molecule has 23 aromatic rings. The second kappa shape index (κ2) is 20.4. The molecular formula is C106H60N4. The fourth-order valence-corrected chi connectivity index (χ4v) is 22.5. The molecule has 4 aromatic heterocycles. The zero-order valence-corrected chi connectivity index (χ0v) is 59.4. The van der Waals surface area contributed by atoms with Crippen LogP contribution in [0.5, 0.6) is 0 Å². The summed E-state index contributed by atoms with van der Waals surface area (Å²) in [5.74, 6) is 0. The molecule has 0 unspecified atom stereocenters. The van der Waals surface area contributed by atoms with Crippen LogP contribution >= 0.6 is 0 Å². The smallest absolute Gasteiger partial charge is 0.0727 e. The Balaban J connectivity index is 0.760. The Kier molecular flexibility index (Phi) is 10.8. The van der Waals surface area contributed by atoms with Crippen LogP contribution in [0.2, 0.25) is 0 Å². The van der Waals surface area contributed by atoms with Gasteiger partial charge in [-0.15, -0.1) is 0 Å². The maximum Gasteiger partial charge on any atom is 0.0727 e. The average Bonchev–Trinajstić information content (AvgIpc) is 1.49. The lowest BCUT2D eigenvalue weighted by Gasteiger charge is -2.32. The quantitative estimate of drug-likeness (QED) is 0.124. The van der Waals surface area contributed by atoms with Crippen molar-refractivity contribution in [1.29, 1.82) is 0 Å². The van der Waals surface area contributed by atoms with Crippen molar-refractivity contribution in [2.75, 3.05) is 0 Å². The third-order valence-corrected chi connectivity index (χ3v) is 26.5. The summed E-state index contributed by atoms with van der Waals surface area (Å²) in [7, 11) is 0. The summed E-state index contributed by atoms with van der Waals surface area (Å²) >= 11 is 0. The molecule has 27 rings (SSSR count). The molecule has 4 aliphatic rings. The summed E-state index contributed by atoms with van der Waals surface area (Å²) in [5, 5.41) is 20.2. The number of benzene rings is 19. The van der Waals surface area contributed by atoms with E-state index in [-0.39, 0.29) is 0 Å². The number of aromatic nitrogens is 4. The lowest BCUT2D eigenvalue weighted by Crippen LogP contribution is -2.26. The van der Waals surface area contributed by atoms with Crippen molar-refractivity contribution in [1.82, 2.24) is 18.3 Å². The normalized spacial score (nSPS) is 14.0. The molecule has 19 aromatic carbocycles. The highest BCUT2D eigenvalue weighted by atomic mass is 15.0. The van der Waals surface area contributed by atoms with Gasteiger partial charge in [0, 0.05) is 65.8 Å². The highest BCUT2D eigenvalue weighted by molar-refractivity contribution is 6.37. The Labute approximate surface area is 631 Å². The number of hydrogen-bond acceptors (Lipinski definition) is 0. The SMILES string of the molecule is c1ccc2c(c1)-c1c(cc3c4cccc5c6c(cc(c7cccc1c73)c54)C1(c3cc(-n4c5ccccc5c5ccccc54)ccc3-c3ccc(-n4c5ccccc5c5ccccc54)cc31)c1ccccc1-6)C21c2cc(-n3c4ccccc4c4ccccc43)ccc2-c2ccc(-n3c4ccccc4c4ccccc43)cc21. The molecule has 0 N–H and O–H groups in total. The maximum atomic E-state index is 2.69. The minimum Gasteiger partial charge on any atom is -0.309 e. The lowest BCUT2D eigenvalue weighted by atomic mass is 9.69. The molecule has 4 heteroatoms. The first-order chi connectivity index (χ1) is 54.6. The largest absolute Gasteiger partial charge is 0.309 e. The van der Waals surface area contributed by atoms with Crippen LogP contribution in [0.25, 0.3) is 198 Å². The van der Waals surface area contributed by atoms with Crippen molar-refractivity contribution >= 4 is 130 Å². The van der Waals surface area contributed by atoms with Crippen LogP contribution < -0.4 is 0 Å². The molecule has 504 valence electrons. The summed E-state index contributed by atoms with van der Waals surface area (Å²) in [6.45, 7) is 0. The third-order valence-electron chi connectivity index (χ3n) is 26.5. The van der Waals surface area contributed by atoms with Crippen molar-refractivity contribution in [2.45, 2.75) is 10.8 Å². The second-order valence-corrected chi connectivity index (χ2v) is 31.1. The average molecular weight is 1390 g/mol. The van der Waals surface area contributed by atoms with Gasteiger partial charge in [-0.3, -0.25) is 0 Å². The monoisotopic (exact) mass is 1390 g/mol. The number of hydrogen-bond donors (Lipinski definition) is 0. The molecule has 0 atom stereocenters. The summed E-state index contributed by atoms with van der Waals surface area (Å²) < 4.78 is 10.1. The number of nitrogens with zero attached hydrogens (tertiary/aromatic N) is 4. The standard InChI is InChI=1S/C106H60N4/c1-11-37-85-79(31-1)103-81-35-21-33-77-84-60-92-104(80-32-2-12-38-86(80)106(92)89-57-63(109-97-43-17-7-27-73(97)74-28-8-18-44-98(74)109)49-53-67(89)68-54-50-64(58-90(68)106)110-99-45-19-9-29-75(99)76-30-10-20-46-100(76)110)82-36-22-34-78(102(82)84)83(101(77)81)59-91(103)105(85)87-55-61(107-93-39-13-3-23-69(93)70-24-4-14-40-94(70)107)47-51-65(87)66-52-48-62(56-88(66)105)108-95-41-15-5-25-71(95)72-26-6-16-42-96(72)108/h1-60H. The molecule has 110 heavy (non-hydrogen) atoms. The minimum absolute atomic E-state index is 0.752. The Morgan fingerprint density at radius 3 is 0.645 bits per heavy atom. The summed E-state index contributed by atoms with van der Waals surface area (Å²) in [6.07, 6.45) is 0. The van der Waals surface area contributed by atoms with Gasteiger partial charge in [0.05, 0.1) is 55.0 Å². The molecule has 0 fully saturated rings. The van der Waals surface area contributed by atoms with E-state index in [0.29, 0.717) is 0 Å². The number of rotatable bonds is 4. The Bertz CT molecular complexity index is 7160. The van der Waals surface area contributed by atoms with E-state index in [9.17, 15) is 0 Å². The molecule has 2 spiro atoms. The molecule has 0 saturated heterocycles. The number of fused-ring (bicyclic) bond motifs is 36. The summed E-state index contributed by atoms with van der Waals surface area (Å²) in [6, 6.07) is 140. The molecule has 0 bridgehead atoms. The predicted octanol–water partition coefficient (Wildman–Crippen LogP) is 26.8. The van der Waals surface area contributed by atoms with Crippen molar-refractivity contribution in [2.24, 2.45) is 0 Å². The highest BCUT2D eigenvalue weighted by Crippen LogP contribution is 2.68. The molecule has 4 aliphatic carbocycles. The van der Waals surface area contributed by atoms with Gasteiger partial charge in [0.15, 0.2) is 0 Å². The van der Waals surface area contributed by atoms with E-state index in [1.165, 1.54) is 219 Å². The van der Waals surface area contributed by atoms with Crippen LogP contribution in [-0.4, -0.2) is 18.3 Å². The van der Waals surface area contributed by atoms with E-state index in [4.69, 9.17) is 0 Å². The van der Waals surface area contributed by atoms with Crippen LogP contribution in [0.3, 0.4) is 0 Å². The second-order valence-electron chi connectivity index (χ2n) is 31.1. The van der Waals surface area contributed by atoms with Gasteiger partial charge in [0.1, 0.15) is 0 Å². The van der Waals surface area contributed by atoms with Gasteiger partial charge in [-0.25, -0.2) is 0 Å². The maximum absolute atomic E-state index is 2.69. The molecule has 0 aliphatic heterocycles. The van der Waals surface area contributed by atoms with Crippen LogP contribution in [0, 0.1) is 0 Å². The van der Waals surface area contributed by atoms with E-state index >= 15 is 0 Å². The zero-order chi connectivity index (χ0) is 71.1. The van der Waals surface area contributed by atoms with Crippen molar-refractivity contribution in [3.8, 4) is 67.3 Å². The van der Waals surface area contributed by atoms with Gasteiger partial charge in [0.2, 0.25) is 0 Å². The lowest BCUT2D eigenvalue weighted by molar-refractivity contribution is 0.793.